The molecule has 1 saturated heterocycles. The van der Waals surface area contributed by atoms with Crippen molar-refractivity contribution in [1.82, 2.24) is 14.8 Å². The van der Waals surface area contributed by atoms with E-state index in [9.17, 15) is 4.79 Å². The molecule has 5 nitrogen and oxygen atoms in total. The Labute approximate surface area is 141 Å². The van der Waals surface area contributed by atoms with Gasteiger partial charge in [-0.2, -0.15) is 0 Å². The fraction of sp³-hybridized carbons (Fsp3) is 0.733. The van der Waals surface area contributed by atoms with Crippen LogP contribution in [-0.2, 0) is 11.3 Å². The number of carbonyl (C=O) groups is 1. The first-order valence-electron chi connectivity index (χ1n) is 7.53. The molecule has 2 rings (SSSR count). The minimum Gasteiger partial charge on any atom is -0.444 e. The Bertz CT molecular complexity index is 515. The lowest BCUT2D eigenvalue weighted by Crippen LogP contribution is -2.49. The minimum atomic E-state index is -0.459. The fourth-order valence-electron chi connectivity index (χ4n) is 2.55. The number of halogens is 1. The van der Waals surface area contributed by atoms with Crippen molar-refractivity contribution < 1.29 is 9.53 Å². The molecule has 7 heteroatoms. The lowest BCUT2D eigenvalue weighted by molar-refractivity contribution is 0.0130. The molecule has 0 aliphatic carbocycles. The Morgan fingerprint density at radius 2 is 2.32 bits per heavy atom. The van der Waals surface area contributed by atoms with E-state index >= 15 is 0 Å². The summed E-state index contributed by atoms with van der Waals surface area (Å²) in [7, 11) is 1.83. The molecule has 1 aliphatic rings. The summed E-state index contributed by atoms with van der Waals surface area (Å²) in [5.41, 5.74) is -0.459. The predicted octanol–water partition coefficient (Wildman–Crippen LogP) is 3.63. The Kier molecular flexibility index (Phi) is 5.69. The van der Waals surface area contributed by atoms with Crippen LogP contribution in [0.15, 0.2) is 6.20 Å². The molecule has 0 spiro atoms. The topological polar surface area (TPSA) is 45.7 Å². The quantitative estimate of drug-likeness (QED) is 0.839. The van der Waals surface area contributed by atoms with Gasteiger partial charge in [-0.15, -0.1) is 11.3 Å². The third-order valence-electron chi connectivity index (χ3n) is 3.61. The van der Waals surface area contributed by atoms with Gasteiger partial charge >= 0.3 is 6.09 Å². The van der Waals surface area contributed by atoms with Gasteiger partial charge in [0, 0.05) is 37.3 Å². The summed E-state index contributed by atoms with van der Waals surface area (Å²) in [4.78, 5) is 21.5. The van der Waals surface area contributed by atoms with Crippen molar-refractivity contribution in [3.05, 3.63) is 15.5 Å². The highest BCUT2D eigenvalue weighted by molar-refractivity contribution is 7.15. The molecule has 0 aromatic carbocycles. The molecule has 1 aliphatic heterocycles. The Balaban J connectivity index is 1.90. The fourth-order valence-corrected chi connectivity index (χ4v) is 3.57. The van der Waals surface area contributed by atoms with E-state index in [0.29, 0.717) is 4.47 Å². The second kappa shape index (κ2) is 7.15. The molecule has 124 valence electrons. The van der Waals surface area contributed by atoms with E-state index in [1.807, 2.05) is 34.0 Å². The molecule has 0 bridgehead atoms. The van der Waals surface area contributed by atoms with Gasteiger partial charge in [0.25, 0.3) is 0 Å². The highest BCUT2D eigenvalue weighted by Gasteiger charge is 2.29. The van der Waals surface area contributed by atoms with Crippen molar-refractivity contribution in [3.63, 3.8) is 0 Å². The number of likely N-dealkylation sites (N-methyl/N-ethyl adjacent to an activating group) is 1. The van der Waals surface area contributed by atoms with Gasteiger partial charge in [-0.3, -0.25) is 4.90 Å². The molecular weight excluding hydrogens is 322 g/mol. The molecule has 1 atom stereocenters. The Morgan fingerprint density at radius 1 is 1.59 bits per heavy atom. The van der Waals surface area contributed by atoms with Crippen LogP contribution in [-0.4, -0.2) is 52.7 Å². The molecule has 1 fully saturated rings. The molecular formula is C15H24ClN3O2S. The average Bonchev–Trinajstić information content (AvgIpc) is 2.81. The van der Waals surface area contributed by atoms with Crippen LogP contribution in [0.2, 0.25) is 4.47 Å². The van der Waals surface area contributed by atoms with Crippen LogP contribution in [0, 0.1) is 0 Å². The number of hydrogen-bond acceptors (Lipinski definition) is 5. The van der Waals surface area contributed by atoms with Crippen LogP contribution in [0.3, 0.4) is 0 Å². The van der Waals surface area contributed by atoms with Gasteiger partial charge in [-0.1, -0.05) is 11.6 Å². The summed E-state index contributed by atoms with van der Waals surface area (Å²) < 4.78 is 6.03. The molecule has 1 amide bonds. The average molecular weight is 346 g/mol. The summed E-state index contributed by atoms with van der Waals surface area (Å²) in [5, 5.41) is 0. The van der Waals surface area contributed by atoms with Gasteiger partial charge in [0.1, 0.15) is 5.60 Å². The van der Waals surface area contributed by atoms with Gasteiger partial charge in [0.05, 0.1) is 0 Å². The van der Waals surface area contributed by atoms with Crippen LogP contribution >= 0.6 is 22.9 Å². The lowest BCUT2D eigenvalue weighted by atomic mass is 10.0. The van der Waals surface area contributed by atoms with Crippen LogP contribution in [0.1, 0.15) is 38.5 Å². The van der Waals surface area contributed by atoms with Crippen LogP contribution in [0.4, 0.5) is 4.79 Å². The van der Waals surface area contributed by atoms with Crippen LogP contribution < -0.4 is 0 Å². The standard InChI is InChI=1S/C15H24ClN3O2S/c1-15(2,3)21-14(20)18(4)11-6-5-7-19(9-11)10-12-8-17-13(16)22-12/h8,11H,5-7,9-10H2,1-4H3/t11-/m1/s1. The van der Waals surface area contributed by atoms with Crippen molar-refractivity contribution in [2.45, 2.75) is 51.8 Å². The molecule has 0 saturated carbocycles. The van der Waals surface area contributed by atoms with E-state index in [1.165, 1.54) is 11.3 Å². The Morgan fingerprint density at radius 3 is 2.91 bits per heavy atom. The summed E-state index contributed by atoms with van der Waals surface area (Å²) >= 11 is 7.39. The summed E-state index contributed by atoms with van der Waals surface area (Å²) in [6, 6.07) is 0.187. The summed E-state index contributed by atoms with van der Waals surface area (Å²) in [5.74, 6) is 0. The second-order valence-electron chi connectivity index (χ2n) is 6.70. The zero-order valence-electron chi connectivity index (χ0n) is 13.6. The Hall–Kier alpha value is -0.850. The van der Waals surface area contributed by atoms with E-state index in [-0.39, 0.29) is 12.1 Å². The normalized spacial score (nSPS) is 20.0. The zero-order chi connectivity index (χ0) is 16.3. The molecule has 22 heavy (non-hydrogen) atoms. The number of nitrogens with zero attached hydrogens (tertiary/aromatic N) is 3. The smallest absolute Gasteiger partial charge is 0.410 e. The summed E-state index contributed by atoms with van der Waals surface area (Å²) in [6.45, 7) is 8.39. The van der Waals surface area contributed by atoms with E-state index in [2.05, 4.69) is 9.88 Å². The van der Waals surface area contributed by atoms with E-state index in [1.54, 1.807) is 4.90 Å². The third-order valence-corrected chi connectivity index (χ3v) is 4.71. The number of ether oxygens (including phenoxy) is 1. The third kappa shape index (κ3) is 5.11. The van der Waals surface area contributed by atoms with Crippen molar-refractivity contribution in [2.75, 3.05) is 20.1 Å². The van der Waals surface area contributed by atoms with E-state index < -0.39 is 5.60 Å². The highest BCUT2D eigenvalue weighted by Crippen LogP contribution is 2.23. The summed E-state index contributed by atoms with van der Waals surface area (Å²) in [6.07, 6.45) is 3.66. The number of piperidine rings is 1. The van der Waals surface area contributed by atoms with Gasteiger partial charge < -0.3 is 9.64 Å². The van der Waals surface area contributed by atoms with Gasteiger partial charge in [0.15, 0.2) is 4.47 Å². The molecule has 0 radical (unpaired) electrons. The van der Waals surface area contributed by atoms with Crippen molar-refractivity contribution in [2.24, 2.45) is 0 Å². The second-order valence-corrected chi connectivity index (χ2v) is 8.40. The van der Waals surface area contributed by atoms with Gasteiger partial charge in [0.2, 0.25) is 0 Å². The molecule has 0 unspecified atom stereocenters. The minimum absolute atomic E-state index is 0.187. The number of amides is 1. The SMILES string of the molecule is CN(C(=O)OC(C)(C)C)[C@@H]1CCCN(Cc2cnc(Cl)s2)C1. The van der Waals surface area contributed by atoms with Crippen LogP contribution in [0.5, 0.6) is 0 Å². The van der Waals surface area contributed by atoms with E-state index in [0.717, 1.165) is 37.4 Å². The molecule has 1 aromatic heterocycles. The molecule has 1 aromatic rings. The number of hydrogen-bond donors (Lipinski definition) is 0. The highest BCUT2D eigenvalue weighted by atomic mass is 35.5. The lowest BCUT2D eigenvalue weighted by Gasteiger charge is -2.37. The van der Waals surface area contributed by atoms with E-state index in [4.69, 9.17) is 16.3 Å². The van der Waals surface area contributed by atoms with Gasteiger partial charge in [-0.05, 0) is 40.2 Å². The predicted molar refractivity (Wildman–Crippen MR) is 89.4 cm³/mol. The zero-order valence-corrected chi connectivity index (χ0v) is 15.2. The first-order valence-corrected chi connectivity index (χ1v) is 8.72. The van der Waals surface area contributed by atoms with Crippen molar-refractivity contribution in [1.29, 1.82) is 0 Å². The van der Waals surface area contributed by atoms with Crippen molar-refractivity contribution in [3.8, 4) is 0 Å². The molecule has 0 N–H and O–H groups in total. The number of carbonyl (C=O) groups excluding carboxylic acids is 1. The van der Waals surface area contributed by atoms with Gasteiger partial charge in [-0.25, -0.2) is 9.78 Å². The largest absolute Gasteiger partial charge is 0.444 e. The maximum Gasteiger partial charge on any atom is 0.410 e. The first-order chi connectivity index (χ1) is 10.2. The number of rotatable bonds is 3. The van der Waals surface area contributed by atoms with Crippen LogP contribution in [0.25, 0.3) is 0 Å². The maximum absolute atomic E-state index is 12.2. The first kappa shape index (κ1) is 17.5. The number of thiazole rings is 1. The number of aromatic nitrogens is 1. The maximum atomic E-state index is 12.2. The van der Waals surface area contributed by atoms with Crippen molar-refractivity contribution >= 4 is 29.0 Å². The monoisotopic (exact) mass is 345 g/mol. The number of likely N-dealkylation sites (tertiary alicyclic amines) is 1. The molecule has 2 heterocycles.